The van der Waals surface area contributed by atoms with Crippen molar-refractivity contribution in [3.8, 4) is 5.75 Å². The van der Waals surface area contributed by atoms with Gasteiger partial charge in [-0.15, -0.1) is 0 Å². The summed E-state index contributed by atoms with van der Waals surface area (Å²) < 4.78 is 13.9. The van der Waals surface area contributed by atoms with Gasteiger partial charge in [-0.1, -0.05) is 12.1 Å². The zero-order valence-corrected chi connectivity index (χ0v) is 11.7. The second-order valence-corrected chi connectivity index (χ2v) is 5.80. The fraction of sp³-hybridized carbons (Fsp3) is 0.533. The van der Waals surface area contributed by atoms with E-state index in [0.717, 1.165) is 5.56 Å². The number of aromatic hydroxyl groups is 1. The lowest BCUT2D eigenvalue weighted by molar-refractivity contribution is -0.130. The zero-order chi connectivity index (χ0) is 15.0. The number of carbonyl (C=O) groups excluding carboxylic acids is 1. The maximum absolute atomic E-state index is 13.9. The van der Waals surface area contributed by atoms with Gasteiger partial charge < -0.3 is 15.5 Å². The summed E-state index contributed by atoms with van der Waals surface area (Å²) in [6.07, 6.45) is 0.331. The van der Waals surface area contributed by atoms with Crippen LogP contribution in [0.5, 0.6) is 5.75 Å². The van der Waals surface area contributed by atoms with E-state index in [1.807, 2.05) is 0 Å². The highest BCUT2D eigenvalue weighted by atomic mass is 19.1. The standard InChI is InChI=1S/C15H20FNO3/c1-10(11-4-3-5-12(18)8-11)17-13(19)9-14(2,20)15(16)6-7-15/h3-5,8,10,18,20H,6-7,9H2,1-2H3,(H,17,19)/t10-,14?/m0/s1. The van der Waals surface area contributed by atoms with Crippen LogP contribution in [0.15, 0.2) is 24.3 Å². The number of hydrogen-bond acceptors (Lipinski definition) is 3. The largest absolute Gasteiger partial charge is 0.508 e. The van der Waals surface area contributed by atoms with Crippen LogP contribution in [0.2, 0.25) is 0 Å². The molecule has 110 valence electrons. The monoisotopic (exact) mass is 281 g/mol. The van der Waals surface area contributed by atoms with Crippen molar-refractivity contribution < 1.29 is 19.4 Å². The van der Waals surface area contributed by atoms with Crippen molar-refractivity contribution in [3.63, 3.8) is 0 Å². The third kappa shape index (κ3) is 3.10. The van der Waals surface area contributed by atoms with Gasteiger partial charge in [-0.25, -0.2) is 4.39 Å². The van der Waals surface area contributed by atoms with Gasteiger partial charge in [-0.2, -0.15) is 0 Å². The summed E-state index contributed by atoms with van der Waals surface area (Å²) in [5.74, 6) is -0.286. The smallest absolute Gasteiger partial charge is 0.223 e. The molecule has 0 radical (unpaired) electrons. The van der Waals surface area contributed by atoms with Crippen LogP contribution in [-0.4, -0.2) is 27.4 Å². The van der Waals surface area contributed by atoms with Crippen LogP contribution >= 0.6 is 0 Å². The van der Waals surface area contributed by atoms with Crippen molar-refractivity contribution in [1.29, 1.82) is 0 Å². The highest BCUT2D eigenvalue weighted by molar-refractivity contribution is 5.77. The van der Waals surface area contributed by atoms with Gasteiger partial charge in [0.25, 0.3) is 0 Å². The van der Waals surface area contributed by atoms with Crippen LogP contribution in [0.3, 0.4) is 0 Å². The molecule has 0 bridgehead atoms. The van der Waals surface area contributed by atoms with Crippen LogP contribution in [0.4, 0.5) is 4.39 Å². The molecule has 0 spiro atoms. The van der Waals surface area contributed by atoms with E-state index >= 15 is 0 Å². The van der Waals surface area contributed by atoms with E-state index in [-0.39, 0.29) is 18.2 Å². The predicted molar refractivity (Wildman–Crippen MR) is 73.0 cm³/mol. The lowest BCUT2D eigenvalue weighted by Crippen LogP contribution is -2.43. The maximum Gasteiger partial charge on any atom is 0.223 e. The molecule has 1 fully saturated rings. The Labute approximate surface area is 117 Å². The minimum absolute atomic E-state index is 0.122. The van der Waals surface area contributed by atoms with Gasteiger partial charge >= 0.3 is 0 Å². The molecule has 0 saturated heterocycles. The summed E-state index contributed by atoms with van der Waals surface area (Å²) in [7, 11) is 0. The second-order valence-electron chi connectivity index (χ2n) is 5.80. The van der Waals surface area contributed by atoms with Gasteiger partial charge in [0.05, 0.1) is 12.5 Å². The Kier molecular flexibility index (Phi) is 3.73. The number of halogens is 1. The van der Waals surface area contributed by atoms with Crippen LogP contribution in [0, 0.1) is 0 Å². The molecule has 1 unspecified atom stereocenters. The number of aliphatic hydroxyl groups is 1. The number of nitrogens with one attached hydrogen (secondary N) is 1. The zero-order valence-electron chi connectivity index (χ0n) is 11.7. The number of phenols is 1. The summed E-state index contributed by atoms with van der Waals surface area (Å²) >= 11 is 0. The SMILES string of the molecule is C[C@H](NC(=O)CC(C)(O)C1(F)CC1)c1cccc(O)c1. The quantitative estimate of drug-likeness (QED) is 0.775. The number of carbonyl (C=O) groups is 1. The number of phenolic OH excluding ortho intramolecular Hbond substituents is 1. The first-order valence-corrected chi connectivity index (χ1v) is 6.73. The van der Waals surface area contributed by atoms with Gasteiger partial charge in [0.15, 0.2) is 0 Å². The number of amides is 1. The van der Waals surface area contributed by atoms with Gasteiger partial charge in [-0.05, 0) is 44.4 Å². The molecule has 0 heterocycles. The molecule has 20 heavy (non-hydrogen) atoms. The van der Waals surface area contributed by atoms with E-state index in [4.69, 9.17) is 0 Å². The molecule has 1 aliphatic rings. The van der Waals surface area contributed by atoms with Crippen molar-refractivity contribution in [3.05, 3.63) is 29.8 Å². The number of rotatable bonds is 5. The summed E-state index contributed by atoms with van der Waals surface area (Å²) in [6, 6.07) is 6.24. The molecule has 1 aromatic carbocycles. The van der Waals surface area contributed by atoms with Crippen molar-refractivity contribution in [1.82, 2.24) is 5.32 Å². The first kappa shape index (κ1) is 14.8. The molecule has 2 atom stereocenters. The van der Waals surface area contributed by atoms with Gasteiger partial charge in [0.1, 0.15) is 17.0 Å². The van der Waals surface area contributed by atoms with E-state index < -0.39 is 17.2 Å². The fourth-order valence-electron chi connectivity index (χ4n) is 2.29. The number of alkyl halides is 1. The van der Waals surface area contributed by atoms with Crippen LogP contribution in [0.1, 0.15) is 44.7 Å². The Morgan fingerprint density at radius 2 is 2.20 bits per heavy atom. The Bertz CT molecular complexity index is 512. The average Bonchev–Trinajstić information content (AvgIpc) is 3.08. The lowest BCUT2D eigenvalue weighted by Gasteiger charge is -2.27. The minimum atomic E-state index is -1.63. The lowest BCUT2D eigenvalue weighted by atomic mass is 9.93. The Morgan fingerprint density at radius 1 is 1.55 bits per heavy atom. The normalized spacial score (nSPS) is 20.8. The molecular weight excluding hydrogens is 261 g/mol. The molecule has 1 aromatic rings. The summed E-state index contributed by atoms with van der Waals surface area (Å²) in [5, 5.41) is 22.1. The van der Waals surface area contributed by atoms with Crippen molar-refractivity contribution in [2.75, 3.05) is 0 Å². The molecule has 1 aliphatic carbocycles. The Hall–Kier alpha value is -1.62. The van der Waals surface area contributed by atoms with Crippen molar-refractivity contribution >= 4 is 5.91 Å². The van der Waals surface area contributed by atoms with Crippen LogP contribution < -0.4 is 5.32 Å². The molecule has 4 nitrogen and oxygen atoms in total. The van der Waals surface area contributed by atoms with Crippen molar-refractivity contribution in [2.24, 2.45) is 0 Å². The first-order valence-electron chi connectivity index (χ1n) is 6.73. The van der Waals surface area contributed by atoms with Crippen LogP contribution in [0.25, 0.3) is 0 Å². The molecule has 3 N–H and O–H groups in total. The third-order valence-electron chi connectivity index (χ3n) is 3.91. The first-order chi connectivity index (χ1) is 9.23. The van der Waals surface area contributed by atoms with E-state index in [9.17, 15) is 19.4 Å². The minimum Gasteiger partial charge on any atom is -0.508 e. The van der Waals surface area contributed by atoms with Gasteiger partial charge in [0, 0.05) is 0 Å². The summed E-state index contributed by atoms with van der Waals surface area (Å²) in [5.41, 5.74) is -2.51. The van der Waals surface area contributed by atoms with Gasteiger partial charge in [0.2, 0.25) is 5.91 Å². The van der Waals surface area contributed by atoms with Crippen molar-refractivity contribution in [2.45, 2.75) is 50.4 Å². The summed E-state index contributed by atoms with van der Waals surface area (Å²) in [6.45, 7) is 3.13. The molecule has 1 saturated carbocycles. The molecule has 0 aromatic heterocycles. The number of hydrogen-bond donors (Lipinski definition) is 3. The van der Waals surface area contributed by atoms with Gasteiger partial charge in [-0.3, -0.25) is 4.79 Å². The Balaban J connectivity index is 1.94. The fourth-order valence-corrected chi connectivity index (χ4v) is 2.29. The molecule has 0 aliphatic heterocycles. The predicted octanol–water partition coefficient (Wildman–Crippen LogP) is 2.21. The molecule has 2 rings (SSSR count). The maximum atomic E-state index is 13.9. The second kappa shape index (κ2) is 5.05. The van der Waals surface area contributed by atoms with E-state index in [2.05, 4.69) is 5.32 Å². The molecule has 5 heteroatoms. The Morgan fingerprint density at radius 3 is 2.75 bits per heavy atom. The topological polar surface area (TPSA) is 69.6 Å². The average molecular weight is 281 g/mol. The van der Waals surface area contributed by atoms with Crippen LogP contribution in [-0.2, 0) is 4.79 Å². The van der Waals surface area contributed by atoms with E-state index in [1.165, 1.54) is 6.92 Å². The highest BCUT2D eigenvalue weighted by Gasteiger charge is 2.58. The number of benzene rings is 1. The third-order valence-corrected chi connectivity index (χ3v) is 3.91. The molecular formula is C15H20FNO3. The summed E-state index contributed by atoms with van der Waals surface area (Å²) in [4.78, 5) is 11.9. The highest BCUT2D eigenvalue weighted by Crippen LogP contribution is 2.49. The molecule has 1 amide bonds. The van der Waals surface area contributed by atoms with E-state index in [1.54, 1.807) is 31.2 Å². The van der Waals surface area contributed by atoms with E-state index in [0.29, 0.717) is 12.8 Å².